The van der Waals surface area contributed by atoms with Crippen molar-refractivity contribution in [1.29, 1.82) is 0 Å². The SMILES string of the molecule is Nc1ccc(S(=O)(=O)OCC(F)(F)C(F)(F)C(F)(F)C(F)(F)C(F)(F)C(F)F)c(S(=O)(=O)OCC(F)(F)C(F)(F)C(F)(F)C(F)(F)C(F)(F)C(F)F)c1. The van der Waals surface area contributed by atoms with Crippen LogP contribution in [0, 0.1) is 0 Å². The fraction of sp³-hybridized carbons (Fsp3) is 0.700. The molecule has 53 heavy (non-hydrogen) atoms. The fourth-order valence-electron chi connectivity index (χ4n) is 3.08. The summed E-state index contributed by atoms with van der Waals surface area (Å²) in [5.74, 6) is -78.2. The molecule has 0 spiro atoms. The number of benzene rings is 1. The Hall–Kier alpha value is -2.84. The molecule has 1 aromatic carbocycles. The number of anilines is 1. The Kier molecular flexibility index (Phi) is 12.5. The first-order valence-corrected chi connectivity index (χ1v) is 14.8. The van der Waals surface area contributed by atoms with Crippen LogP contribution in [0.25, 0.3) is 0 Å². The third-order valence-corrected chi connectivity index (χ3v) is 8.94. The van der Waals surface area contributed by atoms with Crippen molar-refractivity contribution in [2.75, 3.05) is 18.9 Å². The van der Waals surface area contributed by atoms with Gasteiger partial charge in [-0.05, 0) is 18.2 Å². The first kappa shape index (κ1) is 48.2. The van der Waals surface area contributed by atoms with Gasteiger partial charge in [0.15, 0.2) is 0 Å². The number of alkyl halides is 24. The Morgan fingerprint density at radius 2 is 0.755 bits per heavy atom. The molecule has 1 aromatic rings. The van der Waals surface area contributed by atoms with Crippen LogP contribution in [-0.2, 0) is 28.6 Å². The number of hydrogen-bond acceptors (Lipinski definition) is 7. The monoisotopic (exact) mass is 881 g/mol. The summed E-state index contributed by atoms with van der Waals surface area (Å²) in [6, 6.07) is -0.754. The average molecular weight is 881 g/mol. The second-order valence-corrected chi connectivity index (χ2v) is 13.0. The first-order valence-electron chi connectivity index (χ1n) is 11.9. The number of halogens is 24. The van der Waals surface area contributed by atoms with Crippen molar-refractivity contribution in [3.63, 3.8) is 0 Å². The maximum absolute atomic E-state index is 14.0. The van der Waals surface area contributed by atoms with Gasteiger partial charge in [-0.15, -0.1) is 0 Å². The van der Waals surface area contributed by atoms with E-state index in [0.29, 0.717) is 0 Å². The van der Waals surface area contributed by atoms with Crippen LogP contribution in [0.3, 0.4) is 0 Å². The number of nitrogen functional groups attached to an aromatic ring is 1. The van der Waals surface area contributed by atoms with Crippen molar-refractivity contribution >= 4 is 25.9 Å². The predicted octanol–water partition coefficient (Wildman–Crippen LogP) is 7.56. The molecular weight excluding hydrogens is 870 g/mol. The second-order valence-electron chi connectivity index (χ2n) is 9.84. The molecule has 2 N–H and O–H groups in total. The third kappa shape index (κ3) is 7.57. The zero-order chi connectivity index (χ0) is 42.8. The second kappa shape index (κ2) is 13.7. The van der Waals surface area contributed by atoms with E-state index in [4.69, 9.17) is 5.73 Å². The molecule has 0 aromatic heterocycles. The van der Waals surface area contributed by atoms with Gasteiger partial charge in [0.05, 0.1) is 0 Å². The minimum atomic E-state index is -8.25. The van der Waals surface area contributed by atoms with E-state index in [1.54, 1.807) is 0 Å². The van der Waals surface area contributed by atoms with Gasteiger partial charge in [-0.1, -0.05) is 0 Å². The van der Waals surface area contributed by atoms with Gasteiger partial charge in [0, 0.05) is 5.69 Å². The topological polar surface area (TPSA) is 113 Å². The molecule has 7 nitrogen and oxygen atoms in total. The molecule has 0 bridgehead atoms. The molecule has 0 heterocycles. The highest BCUT2D eigenvalue weighted by Gasteiger charge is 2.89. The van der Waals surface area contributed by atoms with Crippen LogP contribution in [0.2, 0.25) is 0 Å². The summed E-state index contributed by atoms with van der Waals surface area (Å²) >= 11 is 0. The molecule has 0 fully saturated rings. The smallest absolute Gasteiger partial charge is 0.384 e. The van der Waals surface area contributed by atoms with Crippen molar-refractivity contribution in [2.24, 2.45) is 0 Å². The van der Waals surface area contributed by atoms with Gasteiger partial charge in [-0.2, -0.15) is 105 Å². The lowest BCUT2D eigenvalue weighted by Gasteiger charge is -2.39. The van der Waals surface area contributed by atoms with Crippen LogP contribution in [-0.4, -0.2) is 102 Å². The number of nitrogens with two attached hydrogens (primary N) is 1. The van der Waals surface area contributed by atoms with E-state index < -0.39 is 133 Å². The Balaban J connectivity index is 3.60. The zero-order valence-electron chi connectivity index (χ0n) is 23.7. The Morgan fingerprint density at radius 3 is 1.04 bits per heavy atom. The molecule has 0 aliphatic rings. The molecule has 0 aliphatic heterocycles. The summed E-state index contributed by atoms with van der Waals surface area (Å²) in [6.45, 7) is -7.96. The summed E-state index contributed by atoms with van der Waals surface area (Å²) in [5, 5.41) is 0. The average Bonchev–Trinajstić information content (AvgIpc) is 2.98. The van der Waals surface area contributed by atoms with Crippen LogP contribution in [0.4, 0.5) is 111 Å². The Bertz CT molecular complexity index is 1710. The van der Waals surface area contributed by atoms with Crippen molar-refractivity contribution in [3.8, 4) is 0 Å². The van der Waals surface area contributed by atoms with Crippen molar-refractivity contribution < 1.29 is 131 Å². The van der Waals surface area contributed by atoms with Gasteiger partial charge in [0.2, 0.25) is 0 Å². The molecule has 0 unspecified atom stereocenters. The van der Waals surface area contributed by atoms with Crippen LogP contribution >= 0.6 is 0 Å². The number of rotatable bonds is 18. The molecule has 0 atom stereocenters. The quantitative estimate of drug-likeness (QED) is 0.0921. The lowest BCUT2D eigenvalue weighted by molar-refractivity contribution is -0.414. The van der Waals surface area contributed by atoms with E-state index in [1.165, 1.54) is 0 Å². The maximum atomic E-state index is 14.0. The highest BCUT2D eigenvalue weighted by atomic mass is 32.2. The van der Waals surface area contributed by atoms with E-state index >= 15 is 0 Å². The van der Waals surface area contributed by atoms with Crippen LogP contribution in [0.1, 0.15) is 0 Å². The first-order chi connectivity index (χ1) is 22.9. The lowest BCUT2D eigenvalue weighted by Crippen LogP contribution is -2.69. The maximum Gasteiger partial charge on any atom is 0.384 e. The summed E-state index contributed by atoms with van der Waals surface area (Å²) in [5.41, 5.74) is 3.81. The molecule has 0 saturated carbocycles. The molecule has 0 radical (unpaired) electrons. The fourth-order valence-corrected chi connectivity index (χ4v) is 5.69. The summed E-state index contributed by atoms with van der Waals surface area (Å²) < 4.78 is 376. The molecule has 0 aliphatic carbocycles. The Morgan fingerprint density at radius 1 is 0.472 bits per heavy atom. The van der Waals surface area contributed by atoms with E-state index in [2.05, 4.69) is 8.37 Å². The minimum Gasteiger partial charge on any atom is -0.399 e. The van der Waals surface area contributed by atoms with Crippen LogP contribution < -0.4 is 5.73 Å². The van der Waals surface area contributed by atoms with Gasteiger partial charge in [-0.25, -0.2) is 17.6 Å². The van der Waals surface area contributed by atoms with Crippen LogP contribution in [0.15, 0.2) is 28.0 Å². The molecule has 0 saturated heterocycles. The van der Waals surface area contributed by atoms with Crippen molar-refractivity contribution in [1.82, 2.24) is 0 Å². The molecule has 312 valence electrons. The van der Waals surface area contributed by atoms with E-state index in [1.807, 2.05) is 0 Å². The predicted molar refractivity (Wildman–Crippen MR) is 119 cm³/mol. The van der Waals surface area contributed by atoms with E-state index in [0.717, 1.165) is 0 Å². The lowest BCUT2D eigenvalue weighted by atomic mass is 9.95. The van der Waals surface area contributed by atoms with E-state index in [-0.39, 0.29) is 6.07 Å². The highest BCUT2D eigenvalue weighted by molar-refractivity contribution is 7.90. The molecular formula is C20H11F24NO6S2. The summed E-state index contributed by atoms with van der Waals surface area (Å²) in [6.07, 6.45) is -11.9. The molecule has 1 rings (SSSR count). The normalized spacial score (nSPS) is 15.8. The van der Waals surface area contributed by atoms with Crippen molar-refractivity contribution in [2.45, 2.75) is 81.9 Å². The van der Waals surface area contributed by atoms with Gasteiger partial charge < -0.3 is 5.73 Å². The van der Waals surface area contributed by atoms with E-state index in [9.17, 15) is 122 Å². The van der Waals surface area contributed by atoms with Crippen molar-refractivity contribution in [3.05, 3.63) is 18.2 Å². The number of hydrogen-bond donors (Lipinski definition) is 1. The third-order valence-electron chi connectivity index (χ3n) is 6.18. The van der Waals surface area contributed by atoms with Gasteiger partial charge in [-0.3, -0.25) is 8.37 Å². The standard InChI is InChI=1S/C20H11F24NO6S2/c21-9(22)13(29,30)17(37,38)19(41,42)15(33,34)11(25,26)4-50-52(46,47)7-2-1-6(45)3-8(7)53(48,49)51-5-12(27,28)16(35,36)20(43,44)18(39,40)14(31,32)10(23)24/h1-3,9-10H,4-5,45H2. The molecule has 0 amide bonds. The highest BCUT2D eigenvalue weighted by Crippen LogP contribution is 2.60. The van der Waals surface area contributed by atoms with Gasteiger partial charge >= 0.3 is 72.1 Å². The Labute approximate surface area is 276 Å². The van der Waals surface area contributed by atoms with Gasteiger partial charge in [0.25, 0.3) is 20.2 Å². The summed E-state index contributed by atoms with van der Waals surface area (Å²) in [7, 11) is -13.6. The zero-order valence-corrected chi connectivity index (χ0v) is 25.3. The molecule has 33 heteroatoms. The van der Waals surface area contributed by atoms with Gasteiger partial charge in [0.1, 0.15) is 23.0 Å². The van der Waals surface area contributed by atoms with Crippen LogP contribution in [0.5, 0.6) is 0 Å². The minimum absolute atomic E-state index is 0.0811. The summed E-state index contributed by atoms with van der Waals surface area (Å²) in [4.78, 5) is -5.04. The largest absolute Gasteiger partial charge is 0.399 e.